The summed E-state index contributed by atoms with van der Waals surface area (Å²) in [6.45, 7) is 2.00. The van der Waals surface area contributed by atoms with Crippen molar-refractivity contribution in [2.75, 3.05) is 5.32 Å². The lowest BCUT2D eigenvalue weighted by Gasteiger charge is -2.11. The number of aryl methyl sites for hydroxylation is 1. The number of benzene rings is 2. The van der Waals surface area contributed by atoms with Crippen molar-refractivity contribution in [1.82, 2.24) is 19.9 Å². The molecule has 0 fully saturated rings. The number of halogens is 1. The van der Waals surface area contributed by atoms with Gasteiger partial charge in [-0.25, -0.2) is 15.0 Å². The van der Waals surface area contributed by atoms with E-state index in [1.165, 1.54) is 0 Å². The molecular weight excluding hydrogens is 334 g/mol. The van der Waals surface area contributed by atoms with E-state index in [-0.39, 0.29) is 0 Å². The fourth-order valence-corrected chi connectivity index (χ4v) is 2.94. The second-order valence-corrected chi connectivity index (χ2v) is 6.08. The van der Waals surface area contributed by atoms with E-state index in [1.54, 1.807) is 18.6 Å². The van der Waals surface area contributed by atoms with Gasteiger partial charge in [-0.2, -0.15) is 0 Å². The summed E-state index contributed by atoms with van der Waals surface area (Å²) in [6.07, 6.45) is 4.90. The summed E-state index contributed by atoms with van der Waals surface area (Å²) in [5.74, 6) is 1.22. The van der Waals surface area contributed by atoms with E-state index in [0.717, 1.165) is 22.2 Å². The fourth-order valence-electron chi connectivity index (χ4n) is 2.65. The highest BCUT2D eigenvalue weighted by Gasteiger charge is 2.11. The molecule has 5 nitrogen and oxygen atoms in total. The van der Waals surface area contributed by atoms with E-state index in [1.807, 2.05) is 49.4 Å². The summed E-state index contributed by atoms with van der Waals surface area (Å²) in [5, 5.41) is 4.95. The molecule has 0 spiro atoms. The number of anilines is 2. The highest BCUT2D eigenvalue weighted by Crippen LogP contribution is 2.28. The molecule has 4 rings (SSSR count). The molecule has 0 saturated carbocycles. The maximum Gasteiger partial charge on any atom is 0.182 e. The first kappa shape index (κ1) is 15.5. The first-order valence-electron chi connectivity index (χ1n) is 7.76. The van der Waals surface area contributed by atoms with Crippen molar-refractivity contribution >= 4 is 34.0 Å². The van der Waals surface area contributed by atoms with Crippen molar-refractivity contribution in [1.29, 1.82) is 0 Å². The van der Waals surface area contributed by atoms with Gasteiger partial charge >= 0.3 is 0 Å². The fraction of sp³-hybridized carbons (Fsp3) is 0.0526. The van der Waals surface area contributed by atoms with Gasteiger partial charge in [0, 0.05) is 28.5 Å². The van der Waals surface area contributed by atoms with Crippen molar-refractivity contribution in [3.05, 3.63) is 71.6 Å². The van der Waals surface area contributed by atoms with Crippen LogP contribution in [0.1, 0.15) is 5.56 Å². The summed E-state index contributed by atoms with van der Waals surface area (Å²) in [6, 6.07) is 13.6. The summed E-state index contributed by atoms with van der Waals surface area (Å²) < 4.78 is 0. The maximum absolute atomic E-state index is 6.17. The number of aromatic nitrogens is 4. The zero-order valence-electron chi connectivity index (χ0n) is 13.4. The zero-order valence-corrected chi connectivity index (χ0v) is 14.2. The zero-order chi connectivity index (χ0) is 17.2. The van der Waals surface area contributed by atoms with E-state index in [0.29, 0.717) is 22.4 Å². The van der Waals surface area contributed by atoms with Crippen LogP contribution in [0.3, 0.4) is 0 Å². The number of hydrogen-bond donors (Lipinski definition) is 1. The minimum Gasteiger partial charge on any atom is -0.340 e. The van der Waals surface area contributed by atoms with Gasteiger partial charge in [0.2, 0.25) is 0 Å². The van der Waals surface area contributed by atoms with Gasteiger partial charge in [0.05, 0.1) is 11.7 Å². The lowest BCUT2D eigenvalue weighted by atomic mass is 10.2. The molecule has 2 aromatic carbocycles. The van der Waals surface area contributed by atoms with Crippen molar-refractivity contribution in [2.24, 2.45) is 0 Å². The smallest absolute Gasteiger partial charge is 0.182 e. The molecule has 25 heavy (non-hydrogen) atoms. The van der Waals surface area contributed by atoms with Crippen molar-refractivity contribution < 1.29 is 0 Å². The average molecular weight is 348 g/mol. The SMILES string of the molecule is Cc1cc(Cl)cc(Nc2nc(-c3cnccn3)nc3ccccc23)c1. The third kappa shape index (κ3) is 3.27. The van der Waals surface area contributed by atoms with Gasteiger partial charge in [0.1, 0.15) is 11.5 Å². The third-order valence-electron chi connectivity index (χ3n) is 3.70. The van der Waals surface area contributed by atoms with E-state index < -0.39 is 0 Å². The van der Waals surface area contributed by atoms with Crippen LogP contribution >= 0.6 is 11.6 Å². The van der Waals surface area contributed by atoms with Crippen molar-refractivity contribution in [2.45, 2.75) is 6.92 Å². The molecule has 2 aromatic heterocycles. The predicted octanol–water partition coefficient (Wildman–Crippen LogP) is 4.79. The molecule has 122 valence electrons. The van der Waals surface area contributed by atoms with Crippen LogP contribution in [-0.2, 0) is 0 Å². The Morgan fingerprint density at radius 2 is 1.88 bits per heavy atom. The van der Waals surface area contributed by atoms with E-state index >= 15 is 0 Å². The van der Waals surface area contributed by atoms with Crippen LogP contribution in [0.5, 0.6) is 0 Å². The van der Waals surface area contributed by atoms with E-state index in [9.17, 15) is 0 Å². The molecule has 4 aromatic rings. The molecule has 0 bridgehead atoms. The lowest BCUT2D eigenvalue weighted by molar-refractivity contribution is 1.13. The van der Waals surface area contributed by atoms with Crippen molar-refractivity contribution in [3.8, 4) is 11.5 Å². The normalized spacial score (nSPS) is 10.8. The molecule has 0 radical (unpaired) electrons. The van der Waals surface area contributed by atoms with Gasteiger partial charge in [-0.1, -0.05) is 23.7 Å². The van der Waals surface area contributed by atoms with Crippen LogP contribution in [0.4, 0.5) is 11.5 Å². The number of hydrogen-bond acceptors (Lipinski definition) is 5. The molecule has 1 N–H and O–H groups in total. The van der Waals surface area contributed by atoms with Crippen molar-refractivity contribution in [3.63, 3.8) is 0 Å². The van der Waals surface area contributed by atoms with Crippen LogP contribution in [-0.4, -0.2) is 19.9 Å². The molecule has 0 saturated heterocycles. The van der Waals surface area contributed by atoms with E-state index in [2.05, 4.69) is 25.3 Å². The summed E-state index contributed by atoms with van der Waals surface area (Å²) in [7, 11) is 0. The van der Waals surface area contributed by atoms with Crippen LogP contribution in [0, 0.1) is 6.92 Å². The minimum atomic E-state index is 0.521. The number of nitrogens with one attached hydrogen (secondary N) is 1. The summed E-state index contributed by atoms with van der Waals surface area (Å²) in [5.41, 5.74) is 3.40. The number of para-hydroxylation sites is 1. The number of rotatable bonds is 3. The van der Waals surface area contributed by atoms with Gasteiger partial charge in [-0.15, -0.1) is 0 Å². The topological polar surface area (TPSA) is 63.6 Å². The Labute approximate surface area is 149 Å². The Balaban J connectivity index is 1.86. The summed E-state index contributed by atoms with van der Waals surface area (Å²) in [4.78, 5) is 17.7. The molecule has 0 aliphatic rings. The second-order valence-electron chi connectivity index (χ2n) is 5.65. The number of fused-ring (bicyclic) bond motifs is 1. The van der Waals surface area contributed by atoms with Gasteiger partial charge in [0.25, 0.3) is 0 Å². The highest BCUT2D eigenvalue weighted by molar-refractivity contribution is 6.31. The Kier molecular flexibility index (Phi) is 3.99. The first-order valence-corrected chi connectivity index (χ1v) is 8.14. The predicted molar refractivity (Wildman–Crippen MR) is 100 cm³/mol. The van der Waals surface area contributed by atoms with Gasteiger partial charge in [-0.05, 0) is 42.8 Å². The molecule has 0 unspecified atom stereocenters. The number of nitrogens with zero attached hydrogens (tertiary/aromatic N) is 4. The second kappa shape index (κ2) is 6.45. The minimum absolute atomic E-state index is 0.521. The van der Waals surface area contributed by atoms with Gasteiger partial charge in [0.15, 0.2) is 5.82 Å². The summed E-state index contributed by atoms with van der Waals surface area (Å²) >= 11 is 6.17. The molecule has 2 heterocycles. The Hall–Kier alpha value is -3.05. The first-order chi connectivity index (χ1) is 12.2. The van der Waals surface area contributed by atoms with Crippen LogP contribution in [0.2, 0.25) is 5.02 Å². The van der Waals surface area contributed by atoms with Crippen LogP contribution < -0.4 is 5.32 Å². The standard InChI is InChI=1S/C19H14ClN5/c1-12-8-13(20)10-14(9-12)23-18-15-4-2-3-5-16(15)24-19(25-18)17-11-21-6-7-22-17/h2-11H,1H3,(H,23,24,25). The molecule has 0 aliphatic carbocycles. The maximum atomic E-state index is 6.17. The molecular formula is C19H14ClN5. The molecule has 0 atom stereocenters. The highest BCUT2D eigenvalue weighted by atomic mass is 35.5. The Morgan fingerprint density at radius 3 is 2.68 bits per heavy atom. The largest absolute Gasteiger partial charge is 0.340 e. The molecule has 0 aliphatic heterocycles. The van der Waals surface area contributed by atoms with Crippen LogP contribution in [0.15, 0.2) is 61.1 Å². The quantitative estimate of drug-likeness (QED) is 0.577. The van der Waals surface area contributed by atoms with E-state index in [4.69, 9.17) is 11.6 Å². The van der Waals surface area contributed by atoms with Crippen LogP contribution in [0.25, 0.3) is 22.4 Å². The lowest BCUT2D eigenvalue weighted by Crippen LogP contribution is -2.00. The molecule has 6 heteroatoms. The van der Waals surface area contributed by atoms with Gasteiger partial charge < -0.3 is 5.32 Å². The Morgan fingerprint density at radius 1 is 1.00 bits per heavy atom. The monoisotopic (exact) mass is 347 g/mol. The Bertz CT molecular complexity index is 1030. The average Bonchev–Trinajstić information content (AvgIpc) is 2.61. The van der Waals surface area contributed by atoms with Gasteiger partial charge in [-0.3, -0.25) is 4.98 Å². The molecule has 0 amide bonds. The third-order valence-corrected chi connectivity index (χ3v) is 3.92.